The predicted molar refractivity (Wildman–Crippen MR) is 94.7 cm³/mol. The van der Waals surface area contributed by atoms with Gasteiger partial charge in [0.15, 0.2) is 0 Å². The third kappa shape index (κ3) is 3.91. The van der Waals surface area contributed by atoms with E-state index >= 15 is 0 Å². The molecule has 0 unspecified atom stereocenters. The average molecular weight is 375 g/mol. The highest BCUT2D eigenvalue weighted by atomic mass is 19.1. The minimum atomic E-state index is -1.12. The lowest BCUT2D eigenvalue weighted by atomic mass is 9.57. The van der Waals surface area contributed by atoms with Gasteiger partial charge < -0.3 is 15.5 Å². The SMILES string of the molecule is N#CCCNC(=O)C12CCC(NCC(=O)N3C[C@@H](F)C[C@H]3C#N)(CC1)CC2. The fraction of sp³-hybridized carbons (Fsp3) is 0.789. The van der Waals surface area contributed by atoms with Gasteiger partial charge in [-0.3, -0.25) is 9.59 Å². The monoisotopic (exact) mass is 375 g/mol. The molecule has 2 N–H and O–H groups in total. The molecular formula is C19H26FN5O2. The van der Waals surface area contributed by atoms with Crippen LogP contribution in [0.15, 0.2) is 0 Å². The Hall–Kier alpha value is -2.19. The first-order valence-corrected chi connectivity index (χ1v) is 9.67. The molecule has 146 valence electrons. The van der Waals surface area contributed by atoms with Crippen LogP contribution >= 0.6 is 0 Å². The summed E-state index contributed by atoms with van der Waals surface area (Å²) >= 11 is 0. The quantitative estimate of drug-likeness (QED) is 0.677. The largest absolute Gasteiger partial charge is 0.355 e. The van der Waals surface area contributed by atoms with E-state index in [0.29, 0.717) is 13.0 Å². The summed E-state index contributed by atoms with van der Waals surface area (Å²) in [5.74, 6) is -0.183. The number of carbonyl (C=O) groups is 2. The number of amides is 2. The molecule has 1 aliphatic heterocycles. The normalized spacial score (nSPS) is 34.7. The smallest absolute Gasteiger partial charge is 0.237 e. The van der Waals surface area contributed by atoms with E-state index in [2.05, 4.69) is 10.6 Å². The molecule has 2 atom stereocenters. The third-order valence-electron chi connectivity index (χ3n) is 6.58. The Labute approximate surface area is 158 Å². The van der Waals surface area contributed by atoms with Gasteiger partial charge in [-0.05, 0) is 38.5 Å². The van der Waals surface area contributed by atoms with Crippen molar-refractivity contribution in [1.29, 1.82) is 10.5 Å². The maximum absolute atomic E-state index is 13.5. The summed E-state index contributed by atoms with van der Waals surface area (Å²) in [7, 11) is 0. The van der Waals surface area contributed by atoms with E-state index in [9.17, 15) is 14.0 Å². The Morgan fingerprint density at radius 2 is 1.81 bits per heavy atom. The molecule has 2 bridgehead atoms. The summed E-state index contributed by atoms with van der Waals surface area (Å²) in [6.45, 7) is 0.490. The fourth-order valence-electron chi connectivity index (χ4n) is 4.76. The second-order valence-corrected chi connectivity index (χ2v) is 8.10. The molecule has 3 aliphatic carbocycles. The minimum Gasteiger partial charge on any atom is -0.355 e. The highest BCUT2D eigenvalue weighted by Gasteiger charge is 2.52. The van der Waals surface area contributed by atoms with Crippen molar-refractivity contribution in [1.82, 2.24) is 15.5 Å². The van der Waals surface area contributed by atoms with E-state index in [1.54, 1.807) is 0 Å². The maximum atomic E-state index is 13.5. The highest BCUT2D eigenvalue weighted by Crippen LogP contribution is 2.52. The number of hydrogen-bond acceptors (Lipinski definition) is 5. The Balaban J connectivity index is 1.51. The standard InChI is InChI=1S/C19H26FN5O2/c20-14-10-15(11-22)25(13-14)16(26)12-24-19-5-2-18(3-6-19,4-7-19)17(27)23-9-1-8-21/h14-15,24H,1-7,9-10,12-13H2,(H,23,27)/t14-,15-,18?,19?/m0/s1. The van der Waals surface area contributed by atoms with Crippen LogP contribution in [0, 0.1) is 28.1 Å². The van der Waals surface area contributed by atoms with Crippen molar-refractivity contribution in [3.63, 3.8) is 0 Å². The molecule has 4 aliphatic rings. The van der Waals surface area contributed by atoms with Crippen molar-refractivity contribution in [2.75, 3.05) is 19.6 Å². The van der Waals surface area contributed by atoms with E-state index in [0.717, 1.165) is 38.5 Å². The van der Waals surface area contributed by atoms with Crippen molar-refractivity contribution < 1.29 is 14.0 Å². The van der Waals surface area contributed by atoms with Crippen molar-refractivity contribution in [2.45, 2.75) is 69.1 Å². The summed E-state index contributed by atoms with van der Waals surface area (Å²) < 4.78 is 13.5. The van der Waals surface area contributed by atoms with Gasteiger partial charge >= 0.3 is 0 Å². The number of likely N-dealkylation sites (tertiary alicyclic amines) is 1. The van der Waals surface area contributed by atoms with Crippen LogP contribution < -0.4 is 10.6 Å². The third-order valence-corrected chi connectivity index (χ3v) is 6.58. The van der Waals surface area contributed by atoms with Gasteiger partial charge in [0, 0.05) is 23.9 Å². The molecule has 7 nitrogen and oxygen atoms in total. The number of alkyl halides is 1. The van der Waals surface area contributed by atoms with Gasteiger partial charge in [-0.2, -0.15) is 10.5 Å². The van der Waals surface area contributed by atoms with Crippen LogP contribution in [-0.4, -0.2) is 54.1 Å². The zero-order chi connectivity index (χ0) is 19.5. The van der Waals surface area contributed by atoms with Crippen molar-refractivity contribution >= 4 is 11.8 Å². The lowest BCUT2D eigenvalue weighted by Crippen LogP contribution is -2.60. The van der Waals surface area contributed by atoms with Crippen molar-refractivity contribution in [3.05, 3.63) is 0 Å². The number of fused-ring (bicyclic) bond motifs is 3. The Kier molecular flexibility index (Phi) is 5.67. The number of nitriles is 2. The van der Waals surface area contributed by atoms with Crippen LogP contribution in [0.2, 0.25) is 0 Å². The highest BCUT2D eigenvalue weighted by molar-refractivity contribution is 5.83. The van der Waals surface area contributed by atoms with E-state index < -0.39 is 12.2 Å². The number of carbonyl (C=O) groups excluding carboxylic acids is 2. The average Bonchev–Trinajstić information content (AvgIpc) is 3.08. The first-order valence-electron chi connectivity index (χ1n) is 9.67. The molecule has 0 spiro atoms. The van der Waals surface area contributed by atoms with Gasteiger partial charge in [0.1, 0.15) is 12.2 Å². The van der Waals surface area contributed by atoms with E-state index in [-0.39, 0.29) is 42.3 Å². The lowest BCUT2D eigenvalue weighted by Gasteiger charge is -2.52. The van der Waals surface area contributed by atoms with E-state index in [1.165, 1.54) is 4.90 Å². The van der Waals surface area contributed by atoms with Gasteiger partial charge in [-0.1, -0.05) is 0 Å². The van der Waals surface area contributed by atoms with Crippen molar-refractivity contribution in [2.24, 2.45) is 5.41 Å². The van der Waals surface area contributed by atoms with Crippen LogP contribution in [0.1, 0.15) is 51.4 Å². The zero-order valence-corrected chi connectivity index (χ0v) is 15.5. The first kappa shape index (κ1) is 19.6. The molecule has 3 saturated carbocycles. The molecule has 0 aromatic rings. The summed E-state index contributed by atoms with van der Waals surface area (Å²) in [5, 5.41) is 23.9. The Morgan fingerprint density at radius 3 is 2.41 bits per heavy atom. The minimum absolute atomic E-state index is 0.00226. The van der Waals surface area contributed by atoms with Crippen LogP contribution in [0.25, 0.3) is 0 Å². The topological polar surface area (TPSA) is 109 Å². The summed E-state index contributed by atoms with van der Waals surface area (Å²) in [6.07, 6.45) is 4.04. The first-order chi connectivity index (χ1) is 12.9. The molecule has 1 saturated heterocycles. The molecule has 0 aromatic carbocycles. The van der Waals surface area contributed by atoms with Gasteiger partial charge in [0.2, 0.25) is 11.8 Å². The molecule has 27 heavy (non-hydrogen) atoms. The zero-order valence-electron chi connectivity index (χ0n) is 15.5. The van der Waals surface area contributed by atoms with Crippen LogP contribution in [0.4, 0.5) is 4.39 Å². The molecule has 4 fully saturated rings. The van der Waals surface area contributed by atoms with E-state index in [1.807, 2.05) is 12.1 Å². The molecule has 0 radical (unpaired) electrons. The van der Waals surface area contributed by atoms with Gasteiger partial charge in [-0.15, -0.1) is 0 Å². The number of nitrogens with zero attached hydrogens (tertiary/aromatic N) is 3. The maximum Gasteiger partial charge on any atom is 0.237 e. The molecule has 0 aromatic heterocycles. The fourth-order valence-corrected chi connectivity index (χ4v) is 4.76. The molecule has 8 heteroatoms. The number of nitrogens with one attached hydrogen (secondary N) is 2. The molecule has 1 heterocycles. The Bertz CT molecular complexity index is 658. The summed E-state index contributed by atoms with van der Waals surface area (Å²) in [4.78, 5) is 26.3. The molecular weight excluding hydrogens is 349 g/mol. The summed E-state index contributed by atoms with van der Waals surface area (Å²) in [5.41, 5.74) is -0.494. The van der Waals surface area contributed by atoms with Crippen LogP contribution in [0.3, 0.4) is 0 Å². The number of halogens is 1. The van der Waals surface area contributed by atoms with Gasteiger partial charge in [0.25, 0.3) is 0 Å². The summed E-state index contributed by atoms with van der Waals surface area (Å²) in [6, 6.07) is 3.36. The second kappa shape index (κ2) is 7.82. The lowest BCUT2D eigenvalue weighted by molar-refractivity contribution is -0.139. The number of rotatable bonds is 6. The van der Waals surface area contributed by atoms with Crippen LogP contribution in [0.5, 0.6) is 0 Å². The Morgan fingerprint density at radius 1 is 1.15 bits per heavy atom. The van der Waals surface area contributed by atoms with Crippen molar-refractivity contribution in [3.8, 4) is 12.1 Å². The van der Waals surface area contributed by atoms with Gasteiger partial charge in [-0.25, -0.2) is 4.39 Å². The predicted octanol–water partition coefficient (Wildman–Crippen LogP) is 1.16. The molecule has 4 rings (SSSR count). The van der Waals surface area contributed by atoms with Gasteiger partial charge in [0.05, 0.1) is 31.6 Å². The van der Waals surface area contributed by atoms with E-state index in [4.69, 9.17) is 10.5 Å². The number of hydrogen-bond donors (Lipinski definition) is 2. The molecule has 2 amide bonds. The second-order valence-electron chi connectivity index (χ2n) is 8.10. The van der Waals surface area contributed by atoms with Crippen LogP contribution in [-0.2, 0) is 9.59 Å².